The second-order valence-corrected chi connectivity index (χ2v) is 10.4. The predicted molar refractivity (Wildman–Crippen MR) is 132 cm³/mol. The van der Waals surface area contributed by atoms with E-state index in [1.807, 2.05) is 6.92 Å². The number of carbonyl (C=O) groups is 1. The average Bonchev–Trinajstić information content (AvgIpc) is 2.74. The molecule has 3 aromatic carbocycles. The number of carbonyl (C=O) groups excluding carboxylic acids is 1. The zero-order chi connectivity index (χ0) is 23.3. The Labute approximate surface area is 205 Å². The summed E-state index contributed by atoms with van der Waals surface area (Å²) in [7, 11) is -4.01. The van der Waals surface area contributed by atoms with Crippen molar-refractivity contribution >= 4 is 67.0 Å². The molecule has 6 nitrogen and oxygen atoms in total. The van der Waals surface area contributed by atoms with Crippen molar-refractivity contribution < 1.29 is 13.2 Å². The molecule has 0 bridgehead atoms. The van der Waals surface area contributed by atoms with Crippen LogP contribution in [-0.4, -0.2) is 27.1 Å². The van der Waals surface area contributed by atoms with E-state index in [-0.39, 0.29) is 4.90 Å². The lowest BCUT2D eigenvalue weighted by Crippen LogP contribution is -2.39. The predicted octanol–water partition coefficient (Wildman–Crippen LogP) is 5.41. The number of aryl methyl sites for hydroxylation is 1. The Morgan fingerprint density at radius 2 is 1.81 bits per heavy atom. The summed E-state index contributed by atoms with van der Waals surface area (Å²) >= 11 is 15.3. The number of rotatable bonds is 7. The highest BCUT2D eigenvalue weighted by atomic mass is 79.9. The third-order valence-corrected chi connectivity index (χ3v) is 7.19. The van der Waals surface area contributed by atoms with E-state index in [9.17, 15) is 13.2 Å². The molecule has 0 aromatic heterocycles. The van der Waals surface area contributed by atoms with Crippen LogP contribution in [0.2, 0.25) is 10.0 Å². The number of hydrogen-bond acceptors (Lipinski definition) is 4. The van der Waals surface area contributed by atoms with Gasteiger partial charge in [0.15, 0.2) is 0 Å². The van der Waals surface area contributed by atoms with Gasteiger partial charge in [-0.15, -0.1) is 0 Å². The molecular weight excluding hydrogens is 537 g/mol. The van der Waals surface area contributed by atoms with Crippen LogP contribution < -0.4 is 9.73 Å². The van der Waals surface area contributed by atoms with Crippen molar-refractivity contribution in [1.29, 1.82) is 0 Å². The monoisotopic (exact) mass is 553 g/mol. The van der Waals surface area contributed by atoms with Crippen LogP contribution >= 0.6 is 39.1 Å². The summed E-state index contributed by atoms with van der Waals surface area (Å²) in [6.07, 6.45) is 1.36. The largest absolute Gasteiger partial charge is 0.271 e. The second-order valence-electron chi connectivity index (χ2n) is 6.76. The van der Waals surface area contributed by atoms with Crippen LogP contribution in [0.25, 0.3) is 0 Å². The van der Waals surface area contributed by atoms with Gasteiger partial charge in [0.1, 0.15) is 6.54 Å². The molecule has 1 N–H and O–H groups in total. The SMILES string of the molecule is Cc1ccc(S(=O)(=O)N(CC(=O)N/N=C\c2ccc(Cl)cc2Cl)c2cccc(Br)c2)cc1. The van der Waals surface area contributed by atoms with Gasteiger partial charge in [0, 0.05) is 15.1 Å². The van der Waals surface area contributed by atoms with E-state index in [4.69, 9.17) is 23.2 Å². The highest BCUT2D eigenvalue weighted by Gasteiger charge is 2.27. The van der Waals surface area contributed by atoms with Crippen molar-refractivity contribution in [1.82, 2.24) is 5.43 Å². The van der Waals surface area contributed by atoms with Crippen LogP contribution in [0.1, 0.15) is 11.1 Å². The van der Waals surface area contributed by atoms with E-state index in [0.29, 0.717) is 25.8 Å². The number of halogens is 3. The quantitative estimate of drug-likeness (QED) is 0.313. The van der Waals surface area contributed by atoms with Gasteiger partial charge in [-0.3, -0.25) is 9.10 Å². The minimum absolute atomic E-state index is 0.0762. The molecule has 0 spiro atoms. The lowest BCUT2D eigenvalue weighted by molar-refractivity contribution is -0.119. The van der Waals surface area contributed by atoms with E-state index in [0.717, 1.165) is 9.87 Å². The Morgan fingerprint density at radius 1 is 1.09 bits per heavy atom. The number of benzene rings is 3. The first-order valence-electron chi connectivity index (χ1n) is 9.29. The van der Waals surface area contributed by atoms with Crippen LogP contribution in [0, 0.1) is 6.92 Å². The van der Waals surface area contributed by atoms with Gasteiger partial charge in [0.25, 0.3) is 15.9 Å². The molecule has 0 saturated heterocycles. The summed E-state index contributed by atoms with van der Waals surface area (Å²) < 4.78 is 28.4. The standard InChI is InChI=1S/C22H18BrCl2N3O3S/c1-15-5-9-20(10-6-15)32(30,31)28(19-4-2-3-17(23)11-19)14-22(29)27-26-13-16-7-8-18(24)12-21(16)25/h2-13H,14H2,1H3,(H,27,29)/b26-13-. The second kappa shape index (κ2) is 10.5. The lowest BCUT2D eigenvalue weighted by atomic mass is 10.2. The third kappa shape index (κ3) is 6.10. The molecule has 0 atom stereocenters. The van der Waals surface area contributed by atoms with Crippen LogP contribution in [0.15, 0.2) is 81.2 Å². The van der Waals surface area contributed by atoms with Gasteiger partial charge in [-0.05, 0) is 49.4 Å². The molecule has 1 amide bonds. The molecule has 32 heavy (non-hydrogen) atoms. The zero-order valence-corrected chi connectivity index (χ0v) is 20.7. The van der Waals surface area contributed by atoms with E-state index >= 15 is 0 Å². The van der Waals surface area contributed by atoms with Crippen LogP contribution in [0.5, 0.6) is 0 Å². The Kier molecular flexibility index (Phi) is 7.95. The maximum absolute atomic E-state index is 13.3. The molecule has 0 aliphatic carbocycles. The average molecular weight is 555 g/mol. The Balaban J connectivity index is 1.85. The van der Waals surface area contributed by atoms with Crippen molar-refractivity contribution in [3.05, 3.63) is 92.4 Å². The molecule has 10 heteroatoms. The normalized spacial score (nSPS) is 11.5. The van der Waals surface area contributed by atoms with Gasteiger partial charge in [0.05, 0.1) is 21.8 Å². The van der Waals surface area contributed by atoms with E-state index in [2.05, 4.69) is 26.5 Å². The summed E-state index contributed by atoms with van der Waals surface area (Å²) in [6.45, 7) is 1.39. The van der Waals surface area contributed by atoms with Crippen LogP contribution in [0.3, 0.4) is 0 Å². The van der Waals surface area contributed by atoms with Crippen molar-refractivity contribution in [3.63, 3.8) is 0 Å². The summed E-state index contributed by atoms with van der Waals surface area (Å²) in [5.74, 6) is -0.623. The lowest BCUT2D eigenvalue weighted by Gasteiger charge is -2.24. The molecule has 3 aromatic rings. The molecule has 0 radical (unpaired) electrons. The van der Waals surface area contributed by atoms with Gasteiger partial charge in [0.2, 0.25) is 0 Å². The zero-order valence-electron chi connectivity index (χ0n) is 16.8. The molecular formula is C22H18BrCl2N3O3S. The number of sulfonamides is 1. The van der Waals surface area contributed by atoms with Gasteiger partial charge in [-0.2, -0.15) is 5.10 Å². The van der Waals surface area contributed by atoms with Crippen LogP contribution in [0.4, 0.5) is 5.69 Å². The number of hydrazone groups is 1. The highest BCUT2D eigenvalue weighted by molar-refractivity contribution is 9.10. The fraction of sp³-hybridized carbons (Fsp3) is 0.0909. The van der Waals surface area contributed by atoms with Crippen molar-refractivity contribution in [2.75, 3.05) is 10.8 Å². The first-order valence-corrected chi connectivity index (χ1v) is 12.3. The fourth-order valence-corrected chi connectivity index (χ4v) is 4.99. The number of hydrogen-bond donors (Lipinski definition) is 1. The minimum Gasteiger partial charge on any atom is -0.271 e. The van der Waals surface area contributed by atoms with E-state index < -0.39 is 22.5 Å². The summed E-state index contributed by atoms with van der Waals surface area (Å²) in [5, 5.41) is 4.72. The molecule has 0 heterocycles. The Morgan fingerprint density at radius 3 is 2.47 bits per heavy atom. The van der Waals surface area contributed by atoms with Gasteiger partial charge in [-0.1, -0.05) is 69.0 Å². The smallest absolute Gasteiger partial charge is 0.264 e. The number of nitrogens with zero attached hydrogens (tertiary/aromatic N) is 2. The number of nitrogens with one attached hydrogen (secondary N) is 1. The summed E-state index contributed by atoms with van der Waals surface area (Å²) in [6, 6.07) is 17.9. The molecule has 0 fully saturated rings. The molecule has 166 valence electrons. The molecule has 0 unspecified atom stereocenters. The Hall–Kier alpha value is -2.39. The van der Waals surface area contributed by atoms with Crippen molar-refractivity contribution in [2.24, 2.45) is 5.10 Å². The molecule has 0 aliphatic heterocycles. The minimum atomic E-state index is -4.01. The van der Waals surface area contributed by atoms with Crippen molar-refractivity contribution in [2.45, 2.75) is 11.8 Å². The third-order valence-electron chi connectivity index (χ3n) is 4.35. The van der Waals surface area contributed by atoms with Crippen molar-refractivity contribution in [3.8, 4) is 0 Å². The number of anilines is 1. The first kappa shape index (κ1) is 24.3. The van der Waals surface area contributed by atoms with E-state index in [1.54, 1.807) is 54.6 Å². The van der Waals surface area contributed by atoms with E-state index in [1.165, 1.54) is 18.3 Å². The summed E-state index contributed by atoms with van der Waals surface area (Å²) in [4.78, 5) is 12.7. The maximum Gasteiger partial charge on any atom is 0.264 e. The maximum atomic E-state index is 13.3. The first-order chi connectivity index (χ1) is 15.2. The van der Waals surface area contributed by atoms with Gasteiger partial charge < -0.3 is 0 Å². The van der Waals surface area contributed by atoms with Gasteiger partial charge >= 0.3 is 0 Å². The highest BCUT2D eigenvalue weighted by Crippen LogP contribution is 2.26. The summed E-state index contributed by atoms with van der Waals surface area (Å²) in [5.41, 5.74) is 4.15. The molecule has 3 rings (SSSR count). The molecule has 0 aliphatic rings. The topological polar surface area (TPSA) is 78.8 Å². The van der Waals surface area contributed by atoms with Gasteiger partial charge in [-0.25, -0.2) is 13.8 Å². The van der Waals surface area contributed by atoms with Crippen LogP contribution in [-0.2, 0) is 14.8 Å². The fourth-order valence-electron chi connectivity index (χ4n) is 2.73. The number of amides is 1. The Bertz CT molecular complexity index is 1270. The molecule has 0 saturated carbocycles.